The molecule has 1 aromatic rings. The summed E-state index contributed by atoms with van der Waals surface area (Å²) in [6, 6.07) is 0. The highest BCUT2D eigenvalue weighted by molar-refractivity contribution is 4.77. The number of aliphatic hydroxyl groups is 1. The number of rotatable bonds is 8. The molecule has 1 unspecified atom stereocenters. The summed E-state index contributed by atoms with van der Waals surface area (Å²) in [5, 5.41) is 16.2. The third-order valence-electron chi connectivity index (χ3n) is 2.43. The van der Waals surface area contributed by atoms with Crippen LogP contribution in [-0.4, -0.2) is 41.1 Å². The molecule has 1 aliphatic carbocycles. The SMILES string of the molecule is OC(CNCc1ncon1)COCC1CC1. The van der Waals surface area contributed by atoms with Crippen molar-refractivity contribution in [3.05, 3.63) is 12.2 Å². The Morgan fingerprint density at radius 3 is 3.19 bits per heavy atom. The van der Waals surface area contributed by atoms with E-state index in [0.717, 1.165) is 12.5 Å². The third-order valence-corrected chi connectivity index (χ3v) is 2.43. The molecule has 1 aliphatic rings. The molecule has 0 aliphatic heterocycles. The molecule has 1 aromatic heterocycles. The smallest absolute Gasteiger partial charge is 0.213 e. The first kappa shape index (κ1) is 11.5. The molecule has 2 N–H and O–H groups in total. The minimum atomic E-state index is -0.481. The highest BCUT2D eigenvalue weighted by Crippen LogP contribution is 2.28. The zero-order valence-corrected chi connectivity index (χ0v) is 9.13. The highest BCUT2D eigenvalue weighted by atomic mass is 16.5. The molecule has 90 valence electrons. The van der Waals surface area contributed by atoms with E-state index in [0.29, 0.717) is 25.5 Å². The van der Waals surface area contributed by atoms with Crippen molar-refractivity contribution in [2.45, 2.75) is 25.5 Å². The second-order valence-corrected chi connectivity index (χ2v) is 4.11. The van der Waals surface area contributed by atoms with Crippen LogP contribution in [0.4, 0.5) is 0 Å². The molecule has 1 heterocycles. The van der Waals surface area contributed by atoms with Crippen molar-refractivity contribution < 1.29 is 14.4 Å². The number of aliphatic hydroxyl groups excluding tert-OH is 1. The zero-order valence-electron chi connectivity index (χ0n) is 9.13. The van der Waals surface area contributed by atoms with Crippen molar-refractivity contribution in [2.24, 2.45) is 5.92 Å². The Kier molecular flexibility index (Phi) is 4.26. The molecule has 0 amide bonds. The topological polar surface area (TPSA) is 80.4 Å². The molecule has 2 rings (SSSR count). The maximum Gasteiger partial charge on any atom is 0.213 e. The predicted octanol–water partition coefficient (Wildman–Crippen LogP) is -0.0533. The lowest BCUT2D eigenvalue weighted by Crippen LogP contribution is -2.30. The summed E-state index contributed by atoms with van der Waals surface area (Å²) in [6.07, 6.45) is 3.34. The van der Waals surface area contributed by atoms with E-state index >= 15 is 0 Å². The molecule has 6 nitrogen and oxygen atoms in total. The molecule has 1 atom stereocenters. The fourth-order valence-corrected chi connectivity index (χ4v) is 1.34. The summed E-state index contributed by atoms with van der Waals surface area (Å²) in [4.78, 5) is 3.85. The van der Waals surface area contributed by atoms with Gasteiger partial charge in [0, 0.05) is 13.2 Å². The largest absolute Gasteiger partial charge is 0.389 e. The molecule has 6 heteroatoms. The van der Waals surface area contributed by atoms with E-state index in [1.165, 1.54) is 19.2 Å². The molecule has 1 fully saturated rings. The average Bonchev–Trinajstić information content (AvgIpc) is 2.94. The molecular weight excluding hydrogens is 210 g/mol. The molecule has 0 spiro atoms. The second kappa shape index (κ2) is 5.93. The van der Waals surface area contributed by atoms with Crippen molar-refractivity contribution in [3.63, 3.8) is 0 Å². The molecule has 0 radical (unpaired) electrons. The van der Waals surface area contributed by atoms with E-state index < -0.39 is 6.10 Å². The van der Waals surface area contributed by atoms with Gasteiger partial charge in [-0.3, -0.25) is 0 Å². The number of ether oxygens (including phenoxy) is 1. The van der Waals surface area contributed by atoms with Crippen molar-refractivity contribution in [3.8, 4) is 0 Å². The third kappa shape index (κ3) is 4.26. The Morgan fingerprint density at radius 1 is 1.62 bits per heavy atom. The molecule has 1 saturated carbocycles. The van der Waals surface area contributed by atoms with Crippen LogP contribution in [0, 0.1) is 5.92 Å². The first-order chi connectivity index (χ1) is 7.84. The number of nitrogens with one attached hydrogen (secondary N) is 1. The zero-order chi connectivity index (χ0) is 11.2. The number of hydrogen-bond acceptors (Lipinski definition) is 6. The van der Waals surface area contributed by atoms with Crippen LogP contribution < -0.4 is 5.32 Å². The van der Waals surface area contributed by atoms with Gasteiger partial charge in [-0.1, -0.05) is 5.16 Å². The standard InChI is InChI=1S/C10H17N3O3/c14-9(6-15-5-8-1-2-8)3-11-4-10-12-7-16-13-10/h7-9,11,14H,1-6H2. The molecular formula is C10H17N3O3. The minimum Gasteiger partial charge on any atom is -0.389 e. The number of aromatic nitrogens is 2. The lowest BCUT2D eigenvalue weighted by Gasteiger charge is -2.11. The van der Waals surface area contributed by atoms with Crippen LogP contribution in [0.3, 0.4) is 0 Å². The van der Waals surface area contributed by atoms with Gasteiger partial charge in [-0.15, -0.1) is 0 Å². The van der Waals surface area contributed by atoms with Crippen LogP contribution in [0.1, 0.15) is 18.7 Å². The van der Waals surface area contributed by atoms with Crippen molar-refractivity contribution in [2.75, 3.05) is 19.8 Å². The van der Waals surface area contributed by atoms with Crippen molar-refractivity contribution in [1.82, 2.24) is 15.5 Å². The van der Waals surface area contributed by atoms with Gasteiger partial charge >= 0.3 is 0 Å². The fourth-order valence-electron chi connectivity index (χ4n) is 1.34. The molecule has 0 saturated heterocycles. The van der Waals surface area contributed by atoms with Crippen LogP contribution in [-0.2, 0) is 11.3 Å². The maximum absolute atomic E-state index is 9.56. The quantitative estimate of drug-likeness (QED) is 0.648. The lowest BCUT2D eigenvalue weighted by molar-refractivity contribution is 0.0323. The number of hydrogen-bond donors (Lipinski definition) is 2. The Labute approximate surface area is 94.0 Å². The summed E-state index contributed by atoms with van der Waals surface area (Å²) in [5.74, 6) is 1.32. The summed E-state index contributed by atoms with van der Waals surface area (Å²) in [7, 11) is 0. The van der Waals surface area contributed by atoms with E-state index in [1.807, 2.05) is 0 Å². The van der Waals surface area contributed by atoms with Gasteiger partial charge in [-0.25, -0.2) is 0 Å². The Morgan fingerprint density at radius 2 is 2.50 bits per heavy atom. The Hall–Kier alpha value is -0.980. The van der Waals surface area contributed by atoms with Gasteiger partial charge in [0.15, 0.2) is 5.82 Å². The first-order valence-corrected chi connectivity index (χ1v) is 5.56. The van der Waals surface area contributed by atoms with Gasteiger partial charge in [0.25, 0.3) is 0 Å². The van der Waals surface area contributed by atoms with Crippen LogP contribution in [0.15, 0.2) is 10.9 Å². The van der Waals surface area contributed by atoms with Gasteiger partial charge < -0.3 is 19.7 Å². The normalized spacial score (nSPS) is 17.6. The molecule has 0 bridgehead atoms. The van der Waals surface area contributed by atoms with E-state index in [1.54, 1.807) is 0 Å². The highest BCUT2D eigenvalue weighted by Gasteiger charge is 2.21. The fraction of sp³-hybridized carbons (Fsp3) is 0.800. The monoisotopic (exact) mass is 227 g/mol. The molecule has 0 aromatic carbocycles. The Balaban J connectivity index is 1.48. The molecule has 16 heavy (non-hydrogen) atoms. The van der Waals surface area contributed by atoms with E-state index in [4.69, 9.17) is 4.74 Å². The first-order valence-electron chi connectivity index (χ1n) is 5.56. The Bertz CT molecular complexity index is 288. The van der Waals surface area contributed by atoms with Gasteiger partial charge in [-0.05, 0) is 18.8 Å². The number of nitrogens with zero attached hydrogens (tertiary/aromatic N) is 2. The van der Waals surface area contributed by atoms with Gasteiger partial charge in [0.05, 0.1) is 19.3 Å². The lowest BCUT2D eigenvalue weighted by atomic mass is 10.3. The van der Waals surface area contributed by atoms with Crippen molar-refractivity contribution in [1.29, 1.82) is 0 Å². The van der Waals surface area contributed by atoms with Gasteiger partial charge in [0.2, 0.25) is 6.39 Å². The average molecular weight is 227 g/mol. The van der Waals surface area contributed by atoms with Gasteiger partial charge in [0.1, 0.15) is 0 Å². The second-order valence-electron chi connectivity index (χ2n) is 4.11. The van der Waals surface area contributed by atoms with Gasteiger partial charge in [-0.2, -0.15) is 4.98 Å². The van der Waals surface area contributed by atoms with Crippen molar-refractivity contribution >= 4 is 0 Å². The van der Waals surface area contributed by atoms with E-state index in [9.17, 15) is 5.11 Å². The predicted molar refractivity (Wildman–Crippen MR) is 55.6 cm³/mol. The minimum absolute atomic E-state index is 0.385. The summed E-state index contributed by atoms with van der Waals surface area (Å²) < 4.78 is 9.95. The van der Waals surface area contributed by atoms with E-state index in [2.05, 4.69) is 20.0 Å². The van der Waals surface area contributed by atoms with Crippen LogP contribution in [0.5, 0.6) is 0 Å². The maximum atomic E-state index is 9.56. The summed E-state index contributed by atoms with van der Waals surface area (Å²) in [6.45, 7) is 2.13. The van der Waals surface area contributed by atoms with E-state index in [-0.39, 0.29) is 0 Å². The summed E-state index contributed by atoms with van der Waals surface area (Å²) >= 11 is 0. The van der Waals surface area contributed by atoms with Crippen LogP contribution >= 0.6 is 0 Å². The van der Waals surface area contributed by atoms with Crippen LogP contribution in [0.2, 0.25) is 0 Å². The van der Waals surface area contributed by atoms with Crippen LogP contribution in [0.25, 0.3) is 0 Å². The summed E-state index contributed by atoms with van der Waals surface area (Å²) in [5.41, 5.74) is 0.